The number of rotatable bonds is 7. The number of ether oxygens (including phenoxy) is 1. The summed E-state index contributed by atoms with van der Waals surface area (Å²) < 4.78 is 5.62. The Kier molecular flexibility index (Phi) is 5.83. The highest BCUT2D eigenvalue weighted by Crippen LogP contribution is 2.09. The maximum atomic E-state index is 12.1. The first-order valence-corrected chi connectivity index (χ1v) is 7.41. The van der Waals surface area contributed by atoms with Crippen molar-refractivity contribution in [3.05, 3.63) is 60.2 Å². The summed E-state index contributed by atoms with van der Waals surface area (Å²) in [4.78, 5) is 13.9. The van der Waals surface area contributed by atoms with Gasteiger partial charge in [-0.25, -0.2) is 0 Å². The number of amides is 1. The van der Waals surface area contributed by atoms with Gasteiger partial charge in [0, 0.05) is 19.3 Å². The second-order valence-corrected chi connectivity index (χ2v) is 5.25. The fraction of sp³-hybridized carbons (Fsp3) is 0.278. The lowest BCUT2D eigenvalue weighted by molar-refractivity contribution is -0.129. The Balaban J connectivity index is 1.69. The van der Waals surface area contributed by atoms with Gasteiger partial charge in [0.1, 0.15) is 5.75 Å². The Morgan fingerprint density at radius 3 is 2.45 bits per heavy atom. The van der Waals surface area contributed by atoms with Gasteiger partial charge < -0.3 is 15.4 Å². The minimum absolute atomic E-state index is 0.101. The van der Waals surface area contributed by atoms with Crippen LogP contribution in [-0.4, -0.2) is 31.0 Å². The summed E-state index contributed by atoms with van der Waals surface area (Å²) in [5, 5.41) is 0. The first kappa shape index (κ1) is 15.9. The smallest absolute Gasteiger partial charge is 0.226 e. The van der Waals surface area contributed by atoms with Crippen LogP contribution in [0.15, 0.2) is 54.6 Å². The standard InChI is InChI=1S/C18H22N2O2/c1-20(12-5-13-22-17-6-3-2-4-7-17)18(21)14-15-8-10-16(19)11-9-15/h2-4,6-11H,5,12-14,19H2,1H3. The van der Waals surface area contributed by atoms with Gasteiger partial charge in [0.05, 0.1) is 13.0 Å². The summed E-state index contributed by atoms with van der Waals surface area (Å²) in [5.41, 5.74) is 7.33. The second-order valence-electron chi connectivity index (χ2n) is 5.25. The molecule has 0 aliphatic rings. The highest BCUT2D eigenvalue weighted by molar-refractivity contribution is 5.78. The molecule has 0 saturated heterocycles. The molecule has 2 rings (SSSR count). The molecule has 0 spiro atoms. The number of likely N-dealkylation sites (N-methyl/N-ethyl adjacent to an activating group) is 1. The fourth-order valence-corrected chi connectivity index (χ4v) is 2.08. The number of nitrogens with zero attached hydrogens (tertiary/aromatic N) is 1. The zero-order chi connectivity index (χ0) is 15.8. The Morgan fingerprint density at radius 2 is 1.77 bits per heavy atom. The van der Waals surface area contributed by atoms with Crippen LogP contribution in [0.2, 0.25) is 0 Å². The zero-order valence-corrected chi connectivity index (χ0v) is 12.9. The average molecular weight is 298 g/mol. The summed E-state index contributed by atoms with van der Waals surface area (Å²) in [6.07, 6.45) is 1.20. The highest BCUT2D eigenvalue weighted by Gasteiger charge is 2.09. The lowest BCUT2D eigenvalue weighted by Crippen LogP contribution is -2.30. The molecule has 0 saturated carbocycles. The average Bonchev–Trinajstić information content (AvgIpc) is 2.54. The van der Waals surface area contributed by atoms with Gasteiger partial charge in [-0.1, -0.05) is 30.3 Å². The van der Waals surface area contributed by atoms with E-state index in [0.717, 1.165) is 17.7 Å². The number of benzene rings is 2. The van der Waals surface area contributed by atoms with Crippen LogP contribution >= 0.6 is 0 Å². The van der Waals surface area contributed by atoms with E-state index in [0.29, 0.717) is 25.3 Å². The molecule has 1 amide bonds. The van der Waals surface area contributed by atoms with E-state index in [1.54, 1.807) is 4.90 Å². The molecule has 2 N–H and O–H groups in total. The topological polar surface area (TPSA) is 55.6 Å². The molecule has 0 fully saturated rings. The largest absolute Gasteiger partial charge is 0.494 e. The van der Waals surface area contributed by atoms with Gasteiger partial charge in [0.25, 0.3) is 0 Å². The molecule has 22 heavy (non-hydrogen) atoms. The van der Waals surface area contributed by atoms with E-state index in [1.165, 1.54) is 0 Å². The van der Waals surface area contributed by atoms with Crippen LogP contribution in [0.25, 0.3) is 0 Å². The van der Waals surface area contributed by atoms with Crippen molar-refractivity contribution in [2.75, 3.05) is 25.9 Å². The molecule has 4 heteroatoms. The number of para-hydroxylation sites is 1. The Morgan fingerprint density at radius 1 is 1.09 bits per heavy atom. The number of hydrogen-bond donors (Lipinski definition) is 1. The third-order valence-electron chi connectivity index (χ3n) is 3.41. The molecule has 0 aliphatic heterocycles. The van der Waals surface area contributed by atoms with Crippen molar-refractivity contribution in [3.63, 3.8) is 0 Å². The third-order valence-corrected chi connectivity index (χ3v) is 3.41. The van der Waals surface area contributed by atoms with Gasteiger partial charge >= 0.3 is 0 Å². The van der Waals surface area contributed by atoms with E-state index in [9.17, 15) is 4.79 Å². The first-order chi connectivity index (χ1) is 10.6. The zero-order valence-electron chi connectivity index (χ0n) is 12.9. The molecule has 0 aliphatic carbocycles. The van der Waals surface area contributed by atoms with Gasteiger partial charge in [0.2, 0.25) is 5.91 Å². The lowest BCUT2D eigenvalue weighted by Gasteiger charge is -2.17. The molecule has 2 aromatic rings. The molecule has 0 radical (unpaired) electrons. The van der Waals surface area contributed by atoms with Crippen LogP contribution in [0.1, 0.15) is 12.0 Å². The van der Waals surface area contributed by atoms with E-state index in [2.05, 4.69) is 0 Å². The lowest BCUT2D eigenvalue weighted by atomic mass is 10.1. The van der Waals surface area contributed by atoms with E-state index in [-0.39, 0.29) is 5.91 Å². The molecule has 0 aromatic heterocycles. The molecule has 116 valence electrons. The molecule has 0 unspecified atom stereocenters. The molecule has 0 atom stereocenters. The van der Waals surface area contributed by atoms with E-state index in [1.807, 2.05) is 61.6 Å². The van der Waals surface area contributed by atoms with Crippen molar-refractivity contribution in [1.29, 1.82) is 0 Å². The normalized spacial score (nSPS) is 10.2. The van der Waals surface area contributed by atoms with E-state index >= 15 is 0 Å². The van der Waals surface area contributed by atoms with Gasteiger partial charge in [-0.05, 0) is 36.2 Å². The predicted octanol–water partition coefficient (Wildman–Crippen LogP) is 2.74. The van der Waals surface area contributed by atoms with Gasteiger partial charge in [-0.3, -0.25) is 4.79 Å². The fourth-order valence-electron chi connectivity index (χ4n) is 2.08. The minimum atomic E-state index is 0.101. The van der Waals surface area contributed by atoms with Crippen molar-refractivity contribution in [2.24, 2.45) is 0 Å². The van der Waals surface area contributed by atoms with Crippen molar-refractivity contribution in [2.45, 2.75) is 12.8 Å². The maximum absolute atomic E-state index is 12.1. The summed E-state index contributed by atoms with van der Waals surface area (Å²) >= 11 is 0. The number of nitrogens with two attached hydrogens (primary N) is 1. The van der Waals surface area contributed by atoms with E-state index < -0.39 is 0 Å². The molecule has 2 aromatic carbocycles. The number of hydrogen-bond acceptors (Lipinski definition) is 3. The van der Waals surface area contributed by atoms with Crippen LogP contribution in [0, 0.1) is 0 Å². The van der Waals surface area contributed by atoms with Gasteiger partial charge in [0.15, 0.2) is 0 Å². The van der Waals surface area contributed by atoms with Crippen LogP contribution in [0.4, 0.5) is 5.69 Å². The quantitative estimate of drug-likeness (QED) is 0.631. The van der Waals surface area contributed by atoms with Crippen LogP contribution in [0.5, 0.6) is 5.75 Å². The van der Waals surface area contributed by atoms with Gasteiger partial charge in [-0.15, -0.1) is 0 Å². The van der Waals surface area contributed by atoms with Crippen molar-refractivity contribution in [1.82, 2.24) is 4.90 Å². The molecular weight excluding hydrogens is 276 g/mol. The second kappa shape index (κ2) is 8.08. The maximum Gasteiger partial charge on any atom is 0.226 e. The highest BCUT2D eigenvalue weighted by atomic mass is 16.5. The summed E-state index contributed by atoms with van der Waals surface area (Å²) in [5.74, 6) is 0.961. The third kappa shape index (κ3) is 5.13. The molecule has 0 heterocycles. The molecule has 0 bridgehead atoms. The summed E-state index contributed by atoms with van der Waals surface area (Å²) in [6, 6.07) is 17.1. The summed E-state index contributed by atoms with van der Waals surface area (Å²) in [7, 11) is 1.82. The Hall–Kier alpha value is -2.49. The summed E-state index contributed by atoms with van der Waals surface area (Å²) in [6.45, 7) is 1.28. The molecule has 4 nitrogen and oxygen atoms in total. The Bertz CT molecular complexity index is 582. The molecular formula is C18H22N2O2. The Labute approximate surface area is 131 Å². The van der Waals surface area contributed by atoms with E-state index in [4.69, 9.17) is 10.5 Å². The van der Waals surface area contributed by atoms with Crippen molar-refractivity contribution >= 4 is 11.6 Å². The predicted molar refractivity (Wildman–Crippen MR) is 88.7 cm³/mol. The number of anilines is 1. The monoisotopic (exact) mass is 298 g/mol. The van der Waals surface area contributed by atoms with Crippen LogP contribution < -0.4 is 10.5 Å². The number of carbonyl (C=O) groups is 1. The van der Waals surface area contributed by atoms with Gasteiger partial charge in [-0.2, -0.15) is 0 Å². The number of carbonyl (C=O) groups excluding carboxylic acids is 1. The SMILES string of the molecule is CN(CCCOc1ccccc1)C(=O)Cc1ccc(N)cc1. The first-order valence-electron chi connectivity index (χ1n) is 7.41. The minimum Gasteiger partial charge on any atom is -0.494 e. The van der Waals surface area contributed by atoms with Crippen molar-refractivity contribution < 1.29 is 9.53 Å². The van der Waals surface area contributed by atoms with Crippen LogP contribution in [0.3, 0.4) is 0 Å². The van der Waals surface area contributed by atoms with Crippen molar-refractivity contribution in [3.8, 4) is 5.75 Å². The number of nitrogen functional groups attached to an aromatic ring is 1. The van der Waals surface area contributed by atoms with Crippen LogP contribution in [-0.2, 0) is 11.2 Å².